The predicted molar refractivity (Wildman–Crippen MR) is 188 cm³/mol. The number of hydrogen-bond donors (Lipinski definition) is 3. The van der Waals surface area contributed by atoms with Crippen molar-refractivity contribution in [3.8, 4) is 0 Å². The zero-order valence-corrected chi connectivity index (χ0v) is 27.6. The smallest absolute Gasteiger partial charge is 0.261 e. The standard InChI is InChI=1S/C35H37N5O5S2/c1-46(42,43)40(24-23-39-21-9-4-10-22-39)29-17-15-27(16-18-29)36-34(26-11-5-2-6-12-26)33-31-25-30(19-20-32(31)37-35(33)41)47(44,45)38-28-13-7-3-8-14-28/h2-3,5-8,11-20,25,36,38H,4,9-10,21-24H2,1H3,(H,37,41). The molecule has 2 aliphatic rings. The maximum absolute atomic E-state index is 13.5. The van der Waals surface area contributed by atoms with Crippen LogP contribution >= 0.6 is 0 Å². The van der Waals surface area contributed by atoms with Crippen molar-refractivity contribution in [1.82, 2.24) is 4.90 Å². The van der Waals surface area contributed by atoms with Crippen molar-refractivity contribution in [3.05, 3.63) is 114 Å². The van der Waals surface area contributed by atoms with Crippen LogP contribution in [0, 0.1) is 0 Å². The highest BCUT2D eigenvalue weighted by Crippen LogP contribution is 2.39. The largest absolute Gasteiger partial charge is 0.354 e. The summed E-state index contributed by atoms with van der Waals surface area (Å²) in [6.45, 7) is 2.97. The summed E-state index contributed by atoms with van der Waals surface area (Å²) in [6.07, 6.45) is 4.68. The van der Waals surface area contributed by atoms with Crippen LogP contribution in [-0.4, -0.2) is 60.1 Å². The van der Waals surface area contributed by atoms with Gasteiger partial charge in [0.2, 0.25) is 10.0 Å². The first-order valence-corrected chi connectivity index (χ1v) is 18.8. The molecule has 4 aromatic rings. The first-order chi connectivity index (χ1) is 22.6. The van der Waals surface area contributed by atoms with E-state index in [2.05, 4.69) is 20.3 Å². The highest BCUT2D eigenvalue weighted by atomic mass is 32.2. The lowest BCUT2D eigenvalue weighted by molar-refractivity contribution is -0.110. The Morgan fingerprint density at radius 3 is 2.13 bits per heavy atom. The maximum Gasteiger partial charge on any atom is 0.261 e. The lowest BCUT2D eigenvalue weighted by Gasteiger charge is -2.30. The van der Waals surface area contributed by atoms with Gasteiger partial charge < -0.3 is 15.5 Å². The molecule has 10 nitrogen and oxygen atoms in total. The van der Waals surface area contributed by atoms with Gasteiger partial charge >= 0.3 is 0 Å². The van der Waals surface area contributed by atoms with Gasteiger partial charge in [0.1, 0.15) is 0 Å². The van der Waals surface area contributed by atoms with Crippen LogP contribution in [0.1, 0.15) is 30.4 Å². The van der Waals surface area contributed by atoms with Crippen molar-refractivity contribution in [2.24, 2.45) is 0 Å². The molecule has 0 bridgehead atoms. The first-order valence-electron chi connectivity index (χ1n) is 15.5. The van der Waals surface area contributed by atoms with Gasteiger partial charge in [-0.25, -0.2) is 16.8 Å². The monoisotopic (exact) mass is 671 g/mol. The van der Waals surface area contributed by atoms with E-state index in [4.69, 9.17) is 0 Å². The number of piperidine rings is 1. The number of nitrogens with one attached hydrogen (secondary N) is 3. The van der Waals surface area contributed by atoms with Crippen molar-refractivity contribution in [1.29, 1.82) is 0 Å². The van der Waals surface area contributed by atoms with Crippen LogP contribution in [0.5, 0.6) is 0 Å². The molecule has 0 spiro atoms. The molecule has 1 amide bonds. The Hall–Kier alpha value is -4.65. The van der Waals surface area contributed by atoms with Crippen molar-refractivity contribution in [2.45, 2.75) is 24.2 Å². The molecule has 244 valence electrons. The molecule has 1 fully saturated rings. The zero-order valence-electron chi connectivity index (χ0n) is 26.0. The quantitative estimate of drug-likeness (QED) is 0.175. The van der Waals surface area contributed by atoms with Crippen LogP contribution in [-0.2, 0) is 24.8 Å². The Balaban J connectivity index is 1.33. The Labute approximate surface area is 276 Å². The maximum atomic E-state index is 13.5. The second-order valence-electron chi connectivity index (χ2n) is 11.7. The summed E-state index contributed by atoms with van der Waals surface area (Å²) in [5.41, 5.74) is 4.01. The number of para-hydroxylation sites is 1. The van der Waals surface area contributed by atoms with Gasteiger partial charge in [0.15, 0.2) is 0 Å². The van der Waals surface area contributed by atoms with Crippen LogP contribution in [0.4, 0.5) is 22.7 Å². The third kappa shape index (κ3) is 7.51. The SMILES string of the molecule is CS(=O)(=O)N(CCN1CCCCC1)c1ccc(NC(=C2C(=O)Nc3ccc(S(=O)(=O)Nc4ccccc4)cc32)c2ccccc2)cc1. The minimum atomic E-state index is -3.95. The molecule has 4 aromatic carbocycles. The minimum absolute atomic E-state index is 0.0105. The number of rotatable bonds is 11. The molecule has 0 unspecified atom stereocenters. The molecule has 0 atom stereocenters. The molecular weight excluding hydrogens is 635 g/mol. The van der Waals surface area contributed by atoms with E-state index in [0.29, 0.717) is 52.7 Å². The molecule has 47 heavy (non-hydrogen) atoms. The van der Waals surface area contributed by atoms with Gasteiger partial charge in [-0.3, -0.25) is 13.8 Å². The lowest BCUT2D eigenvalue weighted by Crippen LogP contribution is -2.40. The van der Waals surface area contributed by atoms with Gasteiger partial charge in [-0.2, -0.15) is 0 Å². The molecule has 0 saturated carbocycles. The predicted octanol–water partition coefficient (Wildman–Crippen LogP) is 5.67. The fraction of sp³-hybridized carbons (Fsp3) is 0.229. The number of hydrogen-bond acceptors (Lipinski definition) is 7. The second-order valence-corrected chi connectivity index (χ2v) is 15.2. The number of sulfonamides is 2. The molecule has 3 N–H and O–H groups in total. The van der Waals surface area contributed by atoms with Crippen molar-refractivity contribution >= 4 is 60.0 Å². The number of carbonyl (C=O) groups is 1. The van der Waals surface area contributed by atoms with Crippen LogP contribution in [0.2, 0.25) is 0 Å². The van der Waals surface area contributed by atoms with Crippen molar-refractivity contribution in [3.63, 3.8) is 0 Å². The van der Waals surface area contributed by atoms with Gasteiger partial charge in [0, 0.05) is 35.7 Å². The van der Waals surface area contributed by atoms with Crippen LogP contribution in [0.25, 0.3) is 11.3 Å². The summed E-state index contributed by atoms with van der Waals surface area (Å²) < 4.78 is 56.2. The number of carbonyl (C=O) groups excluding carboxylic acids is 1. The summed E-state index contributed by atoms with van der Waals surface area (Å²) >= 11 is 0. The first kappa shape index (κ1) is 32.3. The Morgan fingerprint density at radius 2 is 1.47 bits per heavy atom. The van der Waals surface area contributed by atoms with Crippen LogP contribution < -0.4 is 19.7 Å². The topological polar surface area (TPSA) is 128 Å². The van der Waals surface area contributed by atoms with E-state index in [-0.39, 0.29) is 16.4 Å². The number of amides is 1. The fourth-order valence-corrected chi connectivity index (χ4v) is 7.93. The minimum Gasteiger partial charge on any atom is -0.354 e. The Kier molecular flexibility index (Phi) is 9.35. The van der Waals surface area contributed by atoms with Gasteiger partial charge in [-0.15, -0.1) is 0 Å². The number of benzene rings is 4. The molecule has 6 rings (SSSR count). The number of fused-ring (bicyclic) bond motifs is 1. The van der Waals surface area contributed by atoms with Gasteiger partial charge in [0.25, 0.3) is 15.9 Å². The Morgan fingerprint density at radius 1 is 0.809 bits per heavy atom. The third-order valence-electron chi connectivity index (χ3n) is 8.28. The molecule has 0 aliphatic carbocycles. The summed E-state index contributed by atoms with van der Waals surface area (Å²) in [7, 11) is -7.47. The molecule has 2 heterocycles. The fourth-order valence-electron chi connectivity index (χ4n) is 5.92. The third-order valence-corrected chi connectivity index (χ3v) is 10.9. The average molecular weight is 672 g/mol. The Bertz CT molecular complexity index is 1990. The van der Waals surface area contributed by atoms with Gasteiger partial charge in [0.05, 0.1) is 28.1 Å². The average Bonchev–Trinajstić information content (AvgIpc) is 3.39. The molecule has 0 radical (unpaired) electrons. The van der Waals surface area contributed by atoms with Gasteiger partial charge in [-0.1, -0.05) is 55.0 Å². The van der Waals surface area contributed by atoms with Crippen molar-refractivity contribution in [2.75, 3.05) is 52.1 Å². The van der Waals surface area contributed by atoms with Crippen LogP contribution in [0.3, 0.4) is 0 Å². The highest BCUT2D eigenvalue weighted by molar-refractivity contribution is 7.92. The second kappa shape index (κ2) is 13.6. The molecular formula is C35H37N5O5S2. The zero-order chi connectivity index (χ0) is 33.0. The molecule has 2 aliphatic heterocycles. The van der Waals surface area contributed by atoms with E-state index in [1.165, 1.54) is 29.1 Å². The normalized spacial score (nSPS) is 16.2. The van der Waals surface area contributed by atoms with E-state index >= 15 is 0 Å². The number of likely N-dealkylation sites (tertiary alicyclic amines) is 1. The molecule has 1 saturated heterocycles. The van der Waals surface area contributed by atoms with Crippen LogP contribution in [0.15, 0.2) is 108 Å². The van der Waals surface area contributed by atoms with E-state index in [1.54, 1.807) is 60.7 Å². The summed E-state index contributed by atoms with van der Waals surface area (Å²) in [5.74, 6) is -0.380. The number of anilines is 4. The molecule has 12 heteroatoms. The summed E-state index contributed by atoms with van der Waals surface area (Å²) in [4.78, 5) is 15.8. The van der Waals surface area contributed by atoms with E-state index in [1.807, 2.05) is 30.3 Å². The summed E-state index contributed by atoms with van der Waals surface area (Å²) in [5, 5.41) is 6.24. The number of nitrogens with zero attached hydrogens (tertiary/aromatic N) is 2. The summed E-state index contributed by atoms with van der Waals surface area (Å²) in [6, 6.07) is 29.5. The highest BCUT2D eigenvalue weighted by Gasteiger charge is 2.30. The molecule has 0 aromatic heterocycles. The lowest BCUT2D eigenvalue weighted by atomic mass is 10.00. The van der Waals surface area contributed by atoms with E-state index in [9.17, 15) is 21.6 Å². The van der Waals surface area contributed by atoms with E-state index < -0.39 is 20.0 Å². The van der Waals surface area contributed by atoms with Gasteiger partial charge in [-0.05, 0) is 86.1 Å². The van der Waals surface area contributed by atoms with Crippen molar-refractivity contribution < 1.29 is 21.6 Å². The van der Waals surface area contributed by atoms with E-state index in [0.717, 1.165) is 25.9 Å².